The number of nitrogens with one attached hydrogen (secondary N) is 1. The fourth-order valence-corrected chi connectivity index (χ4v) is 5.28. The zero-order valence-electron chi connectivity index (χ0n) is 23.3. The quantitative estimate of drug-likeness (QED) is 0.400. The first kappa shape index (κ1) is 28.4. The number of benzene rings is 1. The number of hydrogen-bond donors (Lipinski definition) is 1. The molecule has 214 valence electrons. The number of carbonyl (C=O) groups excluding carboxylic acids is 2. The summed E-state index contributed by atoms with van der Waals surface area (Å²) in [4.78, 5) is 42.0. The number of allylic oxidation sites excluding steroid dienone is 1. The van der Waals surface area contributed by atoms with E-state index in [2.05, 4.69) is 20.2 Å². The number of alkyl halides is 2. The minimum atomic E-state index is -2.73. The lowest BCUT2D eigenvalue weighted by atomic mass is 9.65. The Hall–Kier alpha value is -4.13. The molecule has 0 spiro atoms. The average molecular weight is 563 g/mol. The summed E-state index contributed by atoms with van der Waals surface area (Å²) < 4.78 is 34.4. The molecule has 13 heteroatoms. The lowest BCUT2D eigenvalue weighted by Gasteiger charge is -2.35. The van der Waals surface area contributed by atoms with Gasteiger partial charge in [0.15, 0.2) is 11.5 Å². The van der Waals surface area contributed by atoms with Gasteiger partial charge in [0, 0.05) is 68.9 Å². The second kappa shape index (κ2) is 12.2. The number of halogens is 2. The van der Waals surface area contributed by atoms with E-state index in [0.717, 1.165) is 11.3 Å². The second-order valence-corrected chi connectivity index (χ2v) is 9.91. The van der Waals surface area contributed by atoms with E-state index in [4.69, 9.17) is 4.74 Å². The molecular formula is C28H32BF2N7O3. The number of rotatable bonds is 9. The molecule has 1 saturated heterocycles. The summed E-state index contributed by atoms with van der Waals surface area (Å²) in [5, 5.41) is 3.28. The first-order valence-corrected chi connectivity index (χ1v) is 13.7. The third kappa shape index (κ3) is 5.71. The van der Waals surface area contributed by atoms with Gasteiger partial charge in [0.05, 0.1) is 24.1 Å². The Bertz CT molecular complexity index is 1520. The molecule has 0 unspecified atom stereocenters. The molecular weight excluding hydrogens is 531 g/mol. The molecule has 0 bridgehead atoms. The molecule has 3 aromatic rings. The van der Waals surface area contributed by atoms with Gasteiger partial charge in [-0.3, -0.25) is 14.0 Å². The number of aromatic nitrogens is 3. The van der Waals surface area contributed by atoms with Crippen molar-refractivity contribution in [3.63, 3.8) is 0 Å². The van der Waals surface area contributed by atoms with Crippen LogP contribution in [-0.4, -0.2) is 94.8 Å². The molecule has 1 fully saturated rings. The van der Waals surface area contributed by atoms with E-state index in [1.807, 2.05) is 26.0 Å². The van der Waals surface area contributed by atoms with Crippen LogP contribution in [0.15, 0.2) is 47.7 Å². The summed E-state index contributed by atoms with van der Waals surface area (Å²) in [6, 6.07) is 5.53. The maximum absolute atomic E-state index is 13.8. The molecule has 0 aliphatic carbocycles. The van der Waals surface area contributed by atoms with Crippen LogP contribution >= 0.6 is 0 Å². The van der Waals surface area contributed by atoms with Crippen LogP contribution in [0.5, 0.6) is 0 Å². The molecule has 10 nitrogen and oxygen atoms in total. The van der Waals surface area contributed by atoms with Crippen molar-refractivity contribution in [3.8, 4) is 0 Å². The highest BCUT2D eigenvalue weighted by atomic mass is 19.3. The van der Waals surface area contributed by atoms with Crippen molar-refractivity contribution in [1.29, 1.82) is 0 Å². The molecule has 1 N–H and O–H groups in total. The molecule has 0 saturated carbocycles. The van der Waals surface area contributed by atoms with Crippen molar-refractivity contribution in [1.82, 2.24) is 24.2 Å². The van der Waals surface area contributed by atoms with Crippen molar-refractivity contribution in [3.05, 3.63) is 59.6 Å². The van der Waals surface area contributed by atoms with E-state index in [0.29, 0.717) is 67.3 Å². The molecule has 2 aliphatic heterocycles. The van der Waals surface area contributed by atoms with Crippen molar-refractivity contribution in [2.45, 2.75) is 33.1 Å². The van der Waals surface area contributed by atoms with Crippen molar-refractivity contribution < 1.29 is 23.1 Å². The predicted molar refractivity (Wildman–Crippen MR) is 154 cm³/mol. The number of ether oxygens (including phenoxy) is 1. The third-order valence-electron chi connectivity index (χ3n) is 7.39. The average Bonchev–Trinajstić information content (AvgIpc) is 3.61. The molecule has 2 aromatic heterocycles. The number of nitrogens with zero attached hydrogens (tertiary/aromatic N) is 6. The van der Waals surface area contributed by atoms with Crippen LogP contribution in [0.25, 0.3) is 11.2 Å². The van der Waals surface area contributed by atoms with E-state index in [-0.39, 0.29) is 24.0 Å². The Balaban J connectivity index is 1.37. The first-order valence-electron chi connectivity index (χ1n) is 13.7. The maximum atomic E-state index is 13.8. The molecule has 1 aromatic carbocycles. The summed E-state index contributed by atoms with van der Waals surface area (Å²) in [5.74, 6) is 2.17. The van der Waals surface area contributed by atoms with E-state index in [1.165, 1.54) is 13.3 Å². The van der Waals surface area contributed by atoms with Crippen molar-refractivity contribution in [2.75, 3.05) is 45.1 Å². The highest BCUT2D eigenvalue weighted by Gasteiger charge is 2.31. The zero-order chi connectivity index (χ0) is 29.1. The van der Waals surface area contributed by atoms with Gasteiger partial charge >= 0.3 is 6.85 Å². The van der Waals surface area contributed by atoms with E-state index < -0.39 is 13.3 Å². The summed E-state index contributed by atoms with van der Waals surface area (Å²) in [6.45, 7) is 5.63. The fourth-order valence-electron chi connectivity index (χ4n) is 5.28. The van der Waals surface area contributed by atoms with Crippen LogP contribution in [0.2, 0.25) is 0 Å². The molecule has 2 aliphatic rings. The van der Waals surface area contributed by atoms with Crippen LogP contribution in [0, 0.1) is 0 Å². The number of imidazole rings is 1. The standard InChI is InChI=1S/C28H32BF2N7O3/c1-4-18-14-19(6-7-20(18)28(40)37-12-10-36(11-13-37)23(39)5-2)34-26-27-33-16-22(38(27)9-8-32-26)21-15-29(17-41-3)35-24(21)25(30)31/h6-9,14-16,25H,4-5,10-13,17H2,1-3H3,(H,32,34). The number of carbonyl (C=O) groups is 2. The lowest BCUT2D eigenvalue weighted by Crippen LogP contribution is -2.50. The highest BCUT2D eigenvalue weighted by Crippen LogP contribution is 2.29. The van der Waals surface area contributed by atoms with Gasteiger partial charge in [0.2, 0.25) is 5.91 Å². The number of piperazine rings is 1. The van der Waals surface area contributed by atoms with E-state index in [9.17, 15) is 18.4 Å². The number of hydrogen-bond acceptors (Lipinski definition) is 7. The van der Waals surface area contributed by atoms with Gasteiger partial charge in [-0.1, -0.05) is 19.8 Å². The number of fused-ring (bicyclic) bond motifs is 1. The van der Waals surface area contributed by atoms with Crippen LogP contribution in [0.4, 0.5) is 20.3 Å². The molecule has 0 atom stereocenters. The predicted octanol–water partition coefficient (Wildman–Crippen LogP) is 3.55. The summed E-state index contributed by atoms with van der Waals surface area (Å²) in [6.07, 6.45) is 3.15. The zero-order valence-corrected chi connectivity index (χ0v) is 23.3. The highest BCUT2D eigenvalue weighted by molar-refractivity contribution is 6.70. The fraction of sp³-hybridized carbons (Fsp3) is 0.393. The van der Waals surface area contributed by atoms with Gasteiger partial charge in [-0.25, -0.2) is 18.7 Å². The minimum Gasteiger partial charge on any atom is -0.390 e. The number of amides is 2. The minimum absolute atomic E-state index is 0.0526. The second-order valence-electron chi connectivity index (χ2n) is 9.91. The topological polar surface area (TPSA) is 104 Å². The van der Waals surface area contributed by atoms with Gasteiger partial charge < -0.3 is 24.8 Å². The van der Waals surface area contributed by atoms with Gasteiger partial charge in [-0.15, -0.1) is 0 Å². The van der Waals surface area contributed by atoms with Gasteiger partial charge in [0.25, 0.3) is 12.3 Å². The SMILES string of the molecule is CCC(=O)N1CCN(C(=O)c2ccc(Nc3nccn4c(C5=CB(COC)N=C5C(F)F)cnc34)cc2CC)CC1. The van der Waals surface area contributed by atoms with E-state index >= 15 is 0 Å². The van der Waals surface area contributed by atoms with Crippen molar-refractivity contribution in [2.24, 2.45) is 4.90 Å². The van der Waals surface area contributed by atoms with Crippen LogP contribution < -0.4 is 5.32 Å². The van der Waals surface area contributed by atoms with Crippen LogP contribution in [0.3, 0.4) is 0 Å². The number of aryl methyl sites for hydroxylation is 1. The molecule has 2 amide bonds. The summed E-state index contributed by atoms with van der Waals surface area (Å²) in [7, 11) is 1.51. The summed E-state index contributed by atoms with van der Waals surface area (Å²) in [5.41, 5.74) is 3.20. The molecule has 5 rings (SSSR count). The Morgan fingerprint density at radius 1 is 1.12 bits per heavy atom. The number of methoxy groups -OCH3 is 1. The lowest BCUT2D eigenvalue weighted by molar-refractivity contribution is -0.132. The number of anilines is 2. The Morgan fingerprint density at radius 3 is 2.56 bits per heavy atom. The normalized spacial score (nSPS) is 15.5. The van der Waals surface area contributed by atoms with Crippen molar-refractivity contribution >= 4 is 47.1 Å². The third-order valence-corrected chi connectivity index (χ3v) is 7.39. The van der Waals surface area contributed by atoms with Gasteiger partial charge in [-0.05, 0) is 30.2 Å². The van der Waals surface area contributed by atoms with Gasteiger partial charge in [-0.2, -0.15) is 0 Å². The van der Waals surface area contributed by atoms with Crippen LogP contribution in [0.1, 0.15) is 41.9 Å². The van der Waals surface area contributed by atoms with Crippen LogP contribution in [-0.2, 0) is 16.0 Å². The molecule has 0 radical (unpaired) electrons. The molecule has 41 heavy (non-hydrogen) atoms. The molecule has 4 heterocycles. The first-order chi connectivity index (χ1) is 19.8. The van der Waals surface area contributed by atoms with E-state index in [1.54, 1.807) is 38.6 Å². The Labute approximate surface area is 237 Å². The summed E-state index contributed by atoms with van der Waals surface area (Å²) >= 11 is 0. The monoisotopic (exact) mass is 563 g/mol. The largest absolute Gasteiger partial charge is 0.390 e. The smallest absolute Gasteiger partial charge is 0.331 e. The maximum Gasteiger partial charge on any atom is 0.331 e. The Kier molecular flexibility index (Phi) is 8.43. The Morgan fingerprint density at radius 2 is 1.88 bits per heavy atom. The van der Waals surface area contributed by atoms with Gasteiger partial charge in [0.1, 0.15) is 0 Å².